The predicted octanol–water partition coefficient (Wildman–Crippen LogP) is 2.90. The van der Waals surface area contributed by atoms with E-state index in [2.05, 4.69) is 4.72 Å². The third-order valence-electron chi connectivity index (χ3n) is 4.02. The van der Waals surface area contributed by atoms with Crippen LogP contribution in [-0.4, -0.2) is 39.9 Å². The quantitative estimate of drug-likeness (QED) is 0.752. The fourth-order valence-corrected chi connectivity index (χ4v) is 3.65. The largest absolute Gasteiger partial charge is 0.497 e. The molecule has 146 valence electrons. The Hall–Kier alpha value is -2.38. The lowest BCUT2D eigenvalue weighted by Crippen LogP contribution is -2.28. The second-order valence-electron chi connectivity index (χ2n) is 6.78. The van der Waals surface area contributed by atoms with E-state index in [1.807, 2.05) is 38.1 Å². The number of rotatable bonds is 8. The van der Waals surface area contributed by atoms with Gasteiger partial charge in [0.15, 0.2) is 0 Å². The van der Waals surface area contributed by atoms with E-state index in [0.717, 1.165) is 11.3 Å². The Morgan fingerprint density at radius 3 is 2.19 bits per heavy atom. The summed E-state index contributed by atoms with van der Waals surface area (Å²) in [5, 5.41) is 0. The molecule has 0 saturated heterocycles. The Bertz CT molecular complexity index is 860. The van der Waals surface area contributed by atoms with E-state index < -0.39 is 10.0 Å². The Morgan fingerprint density at radius 1 is 1.07 bits per heavy atom. The number of ether oxygens (including phenoxy) is 1. The number of carbonyl (C=O) groups is 1. The minimum atomic E-state index is -3.56. The number of hydrogen-bond donors (Lipinski definition) is 1. The van der Waals surface area contributed by atoms with E-state index >= 15 is 0 Å². The van der Waals surface area contributed by atoms with Gasteiger partial charge < -0.3 is 9.64 Å². The second kappa shape index (κ2) is 9.01. The fourth-order valence-electron chi connectivity index (χ4n) is 2.43. The zero-order valence-corrected chi connectivity index (χ0v) is 16.9. The molecule has 0 aliphatic heterocycles. The standard InChI is InChI=1S/C20H26N2O4S/c1-15(2)13-21-27(24,25)19-11-7-17(8-12-19)20(23)22(3)14-16-5-9-18(26-4)10-6-16/h5-12,15,21H,13-14H2,1-4H3. The van der Waals surface area contributed by atoms with Crippen molar-refractivity contribution in [2.45, 2.75) is 25.3 Å². The molecule has 2 aromatic rings. The van der Waals surface area contributed by atoms with Crippen molar-refractivity contribution in [3.05, 3.63) is 59.7 Å². The molecule has 0 aliphatic carbocycles. The van der Waals surface area contributed by atoms with Gasteiger partial charge in [-0.2, -0.15) is 0 Å². The van der Waals surface area contributed by atoms with Crippen molar-refractivity contribution >= 4 is 15.9 Å². The molecule has 2 rings (SSSR count). The van der Waals surface area contributed by atoms with Gasteiger partial charge in [-0.1, -0.05) is 26.0 Å². The van der Waals surface area contributed by atoms with E-state index in [1.165, 1.54) is 24.3 Å². The molecule has 27 heavy (non-hydrogen) atoms. The van der Waals surface area contributed by atoms with Gasteiger partial charge in [0.2, 0.25) is 10.0 Å². The van der Waals surface area contributed by atoms with Crippen LogP contribution >= 0.6 is 0 Å². The minimum absolute atomic E-state index is 0.150. The molecule has 7 heteroatoms. The molecule has 0 bridgehead atoms. The maximum Gasteiger partial charge on any atom is 0.253 e. The number of benzene rings is 2. The first kappa shape index (κ1) is 20.9. The van der Waals surface area contributed by atoms with Crippen molar-refractivity contribution < 1.29 is 17.9 Å². The lowest BCUT2D eigenvalue weighted by molar-refractivity contribution is 0.0785. The highest BCUT2D eigenvalue weighted by molar-refractivity contribution is 7.89. The predicted molar refractivity (Wildman–Crippen MR) is 105 cm³/mol. The first-order valence-electron chi connectivity index (χ1n) is 8.71. The van der Waals surface area contributed by atoms with Crippen LogP contribution in [0.25, 0.3) is 0 Å². The summed E-state index contributed by atoms with van der Waals surface area (Å²) in [6, 6.07) is 13.5. The van der Waals surface area contributed by atoms with Crippen molar-refractivity contribution in [1.82, 2.24) is 9.62 Å². The third kappa shape index (κ3) is 5.80. The van der Waals surface area contributed by atoms with Gasteiger partial charge in [0.25, 0.3) is 5.91 Å². The number of methoxy groups -OCH3 is 1. The van der Waals surface area contributed by atoms with Crippen LogP contribution in [0, 0.1) is 5.92 Å². The number of sulfonamides is 1. The van der Waals surface area contributed by atoms with Crippen LogP contribution in [-0.2, 0) is 16.6 Å². The molecular weight excluding hydrogens is 364 g/mol. The van der Waals surface area contributed by atoms with Crippen molar-refractivity contribution in [3.63, 3.8) is 0 Å². The van der Waals surface area contributed by atoms with Crippen molar-refractivity contribution in [2.75, 3.05) is 20.7 Å². The van der Waals surface area contributed by atoms with E-state index in [0.29, 0.717) is 18.7 Å². The topological polar surface area (TPSA) is 75.7 Å². The highest BCUT2D eigenvalue weighted by atomic mass is 32.2. The molecule has 0 heterocycles. The number of nitrogens with one attached hydrogen (secondary N) is 1. The number of nitrogens with zero attached hydrogens (tertiary/aromatic N) is 1. The van der Waals surface area contributed by atoms with Crippen LogP contribution in [0.5, 0.6) is 5.75 Å². The first-order chi connectivity index (χ1) is 12.7. The highest BCUT2D eigenvalue weighted by Crippen LogP contribution is 2.15. The van der Waals surface area contributed by atoms with E-state index in [9.17, 15) is 13.2 Å². The summed E-state index contributed by atoms with van der Waals surface area (Å²) in [6.45, 7) is 4.68. The molecule has 0 aromatic heterocycles. The minimum Gasteiger partial charge on any atom is -0.497 e. The molecule has 0 atom stereocenters. The van der Waals surface area contributed by atoms with E-state index in [4.69, 9.17) is 4.74 Å². The summed E-state index contributed by atoms with van der Waals surface area (Å²) in [6.07, 6.45) is 0. The van der Waals surface area contributed by atoms with Gasteiger partial charge in [0.05, 0.1) is 12.0 Å². The van der Waals surface area contributed by atoms with Gasteiger partial charge in [-0.15, -0.1) is 0 Å². The van der Waals surface area contributed by atoms with Crippen molar-refractivity contribution in [2.24, 2.45) is 5.92 Å². The van der Waals surface area contributed by atoms with Gasteiger partial charge >= 0.3 is 0 Å². The summed E-state index contributed by atoms with van der Waals surface area (Å²) in [5.74, 6) is 0.799. The van der Waals surface area contributed by atoms with Gasteiger partial charge in [-0.3, -0.25) is 4.79 Å². The molecule has 1 amide bonds. The summed E-state index contributed by atoms with van der Waals surface area (Å²) in [4.78, 5) is 14.3. The molecule has 0 fully saturated rings. The van der Waals surface area contributed by atoms with E-state index in [1.54, 1.807) is 19.1 Å². The summed E-state index contributed by atoms with van der Waals surface area (Å²) < 4.78 is 32.1. The fraction of sp³-hybridized carbons (Fsp3) is 0.350. The number of hydrogen-bond acceptors (Lipinski definition) is 4. The molecule has 0 aliphatic rings. The van der Waals surface area contributed by atoms with Crippen molar-refractivity contribution in [3.8, 4) is 5.75 Å². The molecule has 1 N–H and O–H groups in total. The first-order valence-corrected chi connectivity index (χ1v) is 10.2. The van der Waals surface area contributed by atoms with E-state index in [-0.39, 0.29) is 16.7 Å². The van der Waals surface area contributed by atoms with Crippen LogP contribution in [0.15, 0.2) is 53.4 Å². The molecule has 6 nitrogen and oxygen atoms in total. The maximum atomic E-state index is 12.6. The van der Waals surface area contributed by atoms with Crippen LogP contribution in [0.2, 0.25) is 0 Å². The van der Waals surface area contributed by atoms with Crippen molar-refractivity contribution in [1.29, 1.82) is 0 Å². The molecular formula is C20H26N2O4S. The number of carbonyl (C=O) groups excluding carboxylic acids is 1. The molecule has 0 radical (unpaired) electrons. The Morgan fingerprint density at radius 2 is 1.67 bits per heavy atom. The van der Waals surface area contributed by atoms with Crippen LogP contribution < -0.4 is 9.46 Å². The molecule has 0 saturated carbocycles. The highest BCUT2D eigenvalue weighted by Gasteiger charge is 2.17. The lowest BCUT2D eigenvalue weighted by Gasteiger charge is -2.18. The van der Waals surface area contributed by atoms with Crippen LogP contribution in [0.4, 0.5) is 0 Å². The average Bonchev–Trinajstić information content (AvgIpc) is 2.66. The van der Waals surface area contributed by atoms with Crippen LogP contribution in [0.1, 0.15) is 29.8 Å². The smallest absolute Gasteiger partial charge is 0.253 e. The molecule has 2 aromatic carbocycles. The second-order valence-corrected chi connectivity index (χ2v) is 8.55. The Balaban J connectivity index is 2.05. The zero-order valence-electron chi connectivity index (χ0n) is 16.1. The normalized spacial score (nSPS) is 11.4. The Labute approximate surface area is 161 Å². The van der Waals surface area contributed by atoms with Gasteiger partial charge in [-0.25, -0.2) is 13.1 Å². The summed E-state index contributed by atoms with van der Waals surface area (Å²) in [5.41, 5.74) is 1.41. The summed E-state index contributed by atoms with van der Waals surface area (Å²) in [7, 11) is -0.246. The maximum absolute atomic E-state index is 12.6. The van der Waals surface area contributed by atoms with Crippen LogP contribution in [0.3, 0.4) is 0 Å². The van der Waals surface area contributed by atoms with Gasteiger partial charge in [0, 0.05) is 25.7 Å². The SMILES string of the molecule is COc1ccc(CN(C)C(=O)c2ccc(S(=O)(=O)NCC(C)C)cc2)cc1. The third-order valence-corrected chi connectivity index (χ3v) is 5.46. The van der Waals surface area contributed by atoms with Gasteiger partial charge in [-0.05, 0) is 47.9 Å². The zero-order chi connectivity index (χ0) is 20.0. The number of amides is 1. The Kier molecular flexibility index (Phi) is 6.98. The molecule has 0 spiro atoms. The average molecular weight is 391 g/mol. The van der Waals surface area contributed by atoms with Gasteiger partial charge in [0.1, 0.15) is 5.75 Å². The monoisotopic (exact) mass is 390 g/mol. The summed E-state index contributed by atoms with van der Waals surface area (Å²) >= 11 is 0. The lowest BCUT2D eigenvalue weighted by atomic mass is 10.1. The molecule has 0 unspecified atom stereocenters.